The van der Waals surface area contributed by atoms with Crippen molar-refractivity contribution in [2.45, 2.75) is 23.9 Å². The molecule has 0 N–H and O–H groups in total. The number of nitrogens with zero attached hydrogens (tertiary/aromatic N) is 1. The summed E-state index contributed by atoms with van der Waals surface area (Å²) in [5, 5.41) is 0.540. The molecule has 0 unspecified atom stereocenters. The summed E-state index contributed by atoms with van der Waals surface area (Å²) in [6.45, 7) is 1.95. The minimum absolute atomic E-state index is 0.252. The topological polar surface area (TPSA) is 37.4 Å². The Hall–Kier alpha value is -1.95. The van der Waals surface area contributed by atoms with Crippen molar-refractivity contribution >= 4 is 26.0 Å². The Labute approximate surface area is 168 Å². The van der Waals surface area contributed by atoms with Gasteiger partial charge in [-0.15, -0.1) is 0 Å². The summed E-state index contributed by atoms with van der Waals surface area (Å²) in [7, 11) is -3.68. The molecule has 0 saturated carbocycles. The molecule has 1 heterocycles. The molecule has 0 radical (unpaired) electrons. The van der Waals surface area contributed by atoms with Gasteiger partial charge in [-0.3, -0.25) is 0 Å². The number of hydrogen-bond acceptors (Lipinski definition) is 2. The number of fused-ring (bicyclic) bond motifs is 1. The van der Waals surface area contributed by atoms with Gasteiger partial charge in [-0.2, -0.15) is 4.31 Å². The molecule has 3 nitrogen and oxygen atoms in total. The van der Waals surface area contributed by atoms with Gasteiger partial charge < -0.3 is 0 Å². The fourth-order valence-corrected chi connectivity index (χ4v) is 6.38. The van der Waals surface area contributed by atoms with Crippen molar-refractivity contribution in [1.29, 1.82) is 0 Å². The van der Waals surface area contributed by atoms with Crippen LogP contribution < -0.4 is 0 Å². The van der Waals surface area contributed by atoms with Crippen molar-refractivity contribution in [3.8, 4) is 0 Å². The molecule has 4 rings (SSSR count). The molecule has 5 heteroatoms. The number of benzene rings is 3. The first-order valence-corrected chi connectivity index (χ1v) is 11.4. The molecule has 0 amide bonds. The number of sulfonamides is 1. The lowest BCUT2D eigenvalue weighted by molar-refractivity contribution is 0.336. The predicted molar refractivity (Wildman–Crippen MR) is 111 cm³/mol. The van der Waals surface area contributed by atoms with Crippen LogP contribution in [0.4, 0.5) is 0 Å². The molecule has 1 aliphatic heterocycles. The number of alkyl halides is 1. The smallest absolute Gasteiger partial charge is 0.207 e. The van der Waals surface area contributed by atoms with E-state index in [2.05, 4.69) is 15.9 Å². The molecule has 0 spiro atoms. The van der Waals surface area contributed by atoms with E-state index in [-0.39, 0.29) is 12.1 Å². The molecule has 0 aliphatic carbocycles. The van der Waals surface area contributed by atoms with Gasteiger partial charge in [-0.1, -0.05) is 88.2 Å². The second-order valence-corrected chi connectivity index (χ2v) is 9.25. The monoisotopic (exact) mass is 441 g/mol. The molecular formula is C22H20BrNO2S. The van der Waals surface area contributed by atoms with Crippen LogP contribution in [0.25, 0.3) is 0 Å². The van der Waals surface area contributed by atoms with Crippen molar-refractivity contribution in [1.82, 2.24) is 4.31 Å². The molecule has 0 fully saturated rings. The van der Waals surface area contributed by atoms with Gasteiger partial charge in [-0.25, -0.2) is 8.42 Å². The van der Waals surface area contributed by atoms with Crippen LogP contribution in [0.3, 0.4) is 0 Å². The molecule has 27 heavy (non-hydrogen) atoms. The quantitative estimate of drug-likeness (QED) is 0.520. The van der Waals surface area contributed by atoms with E-state index in [1.54, 1.807) is 16.4 Å². The van der Waals surface area contributed by atoms with E-state index < -0.39 is 10.0 Å². The van der Waals surface area contributed by atoms with E-state index in [4.69, 9.17) is 0 Å². The van der Waals surface area contributed by atoms with Gasteiger partial charge in [-0.05, 0) is 35.7 Å². The van der Waals surface area contributed by atoms with Crippen LogP contribution in [0.15, 0.2) is 83.8 Å². The molecule has 138 valence electrons. The first kappa shape index (κ1) is 18.4. The minimum Gasteiger partial charge on any atom is -0.207 e. The lowest BCUT2D eigenvalue weighted by Gasteiger charge is -2.29. The average molecular weight is 442 g/mol. The molecule has 1 aliphatic rings. The summed E-state index contributed by atoms with van der Waals surface area (Å²) in [6, 6.07) is 24.3. The van der Waals surface area contributed by atoms with E-state index in [1.807, 2.05) is 73.7 Å². The molecular weight excluding hydrogens is 422 g/mol. The predicted octanol–water partition coefficient (Wildman–Crippen LogP) is 5.22. The van der Waals surface area contributed by atoms with Crippen LogP contribution in [0, 0.1) is 6.92 Å². The first-order valence-electron chi connectivity index (χ1n) is 8.84. The molecule has 2 atom stereocenters. The zero-order valence-electron chi connectivity index (χ0n) is 14.9. The van der Waals surface area contributed by atoms with Crippen LogP contribution in [-0.4, -0.2) is 18.1 Å². The SMILES string of the molecule is Cc1ccc(S(=O)(=O)N2[C@H](c3ccccc3)c3ccccc3[C@H]2CBr)cc1. The first-order chi connectivity index (χ1) is 13.0. The number of aryl methyl sites for hydroxylation is 1. The van der Waals surface area contributed by atoms with Gasteiger partial charge >= 0.3 is 0 Å². The standard InChI is InChI=1S/C22H20BrNO2S/c1-16-11-13-18(14-12-16)27(25,26)24-21(15-23)19-9-5-6-10-20(19)22(24)17-7-3-2-4-8-17/h2-14,21-22H,15H2,1H3/t21-,22-/m1/s1. The van der Waals surface area contributed by atoms with Gasteiger partial charge in [0.25, 0.3) is 0 Å². The highest BCUT2D eigenvalue weighted by molar-refractivity contribution is 9.09. The van der Waals surface area contributed by atoms with Gasteiger partial charge in [0.1, 0.15) is 0 Å². The summed E-state index contributed by atoms with van der Waals surface area (Å²) < 4.78 is 29.0. The van der Waals surface area contributed by atoms with Gasteiger partial charge in [0.2, 0.25) is 10.0 Å². The van der Waals surface area contributed by atoms with Crippen molar-refractivity contribution in [2.75, 3.05) is 5.33 Å². The van der Waals surface area contributed by atoms with E-state index in [9.17, 15) is 8.42 Å². The van der Waals surface area contributed by atoms with Crippen LogP contribution in [0.2, 0.25) is 0 Å². The summed E-state index contributed by atoms with van der Waals surface area (Å²) in [5.41, 5.74) is 4.11. The highest BCUT2D eigenvalue weighted by atomic mass is 79.9. The maximum Gasteiger partial charge on any atom is 0.244 e. The zero-order valence-corrected chi connectivity index (χ0v) is 17.3. The summed E-state index contributed by atoms with van der Waals surface area (Å²) in [4.78, 5) is 0.327. The Bertz CT molecular complexity index is 1050. The molecule has 3 aromatic rings. The van der Waals surface area contributed by atoms with Crippen molar-refractivity contribution in [3.63, 3.8) is 0 Å². The third-order valence-electron chi connectivity index (χ3n) is 5.07. The average Bonchev–Trinajstić information content (AvgIpc) is 3.04. The lowest BCUT2D eigenvalue weighted by Crippen LogP contribution is -2.34. The summed E-state index contributed by atoms with van der Waals surface area (Å²) >= 11 is 3.56. The van der Waals surface area contributed by atoms with E-state index in [1.165, 1.54) is 0 Å². The number of rotatable bonds is 4. The largest absolute Gasteiger partial charge is 0.244 e. The zero-order chi connectivity index (χ0) is 19.0. The van der Waals surface area contributed by atoms with Crippen LogP contribution in [-0.2, 0) is 10.0 Å². The number of hydrogen-bond donors (Lipinski definition) is 0. The number of halogens is 1. The van der Waals surface area contributed by atoms with Crippen molar-refractivity contribution in [3.05, 3.63) is 101 Å². The van der Waals surface area contributed by atoms with Crippen molar-refractivity contribution in [2.24, 2.45) is 0 Å². The third kappa shape index (κ3) is 3.14. The van der Waals surface area contributed by atoms with E-state index >= 15 is 0 Å². The Morgan fingerprint density at radius 3 is 2.07 bits per heavy atom. The Morgan fingerprint density at radius 2 is 1.44 bits per heavy atom. The maximum atomic E-state index is 13.7. The highest BCUT2D eigenvalue weighted by Crippen LogP contribution is 2.48. The third-order valence-corrected chi connectivity index (χ3v) is 7.57. The molecule has 0 saturated heterocycles. The van der Waals surface area contributed by atoms with Crippen molar-refractivity contribution < 1.29 is 8.42 Å². The second kappa shape index (κ2) is 7.23. The lowest BCUT2D eigenvalue weighted by atomic mass is 9.98. The Morgan fingerprint density at radius 1 is 0.852 bits per heavy atom. The Balaban J connectivity index is 1.92. The second-order valence-electron chi connectivity index (χ2n) is 6.76. The molecule has 3 aromatic carbocycles. The highest BCUT2D eigenvalue weighted by Gasteiger charge is 2.45. The van der Waals surface area contributed by atoms with Crippen LogP contribution in [0.5, 0.6) is 0 Å². The Kier molecular flexibility index (Phi) is 4.93. The van der Waals surface area contributed by atoms with Gasteiger partial charge in [0.15, 0.2) is 0 Å². The molecule has 0 bridgehead atoms. The minimum atomic E-state index is -3.68. The van der Waals surface area contributed by atoms with E-state index in [0.717, 1.165) is 22.3 Å². The van der Waals surface area contributed by atoms with Gasteiger partial charge in [0.05, 0.1) is 17.0 Å². The van der Waals surface area contributed by atoms with E-state index in [0.29, 0.717) is 10.2 Å². The van der Waals surface area contributed by atoms with Crippen LogP contribution >= 0.6 is 15.9 Å². The van der Waals surface area contributed by atoms with Gasteiger partial charge in [0, 0.05) is 5.33 Å². The normalized spacial score (nSPS) is 19.8. The molecule has 0 aromatic heterocycles. The van der Waals surface area contributed by atoms with Crippen LogP contribution in [0.1, 0.15) is 34.3 Å². The summed E-state index contributed by atoms with van der Waals surface area (Å²) in [5.74, 6) is 0. The fourth-order valence-electron chi connectivity index (χ4n) is 3.77. The fraction of sp³-hybridized carbons (Fsp3) is 0.182. The maximum absolute atomic E-state index is 13.7. The summed E-state index contributed by atoms with van der Waals surface area (Å²) in [6.07, 6.45) is 0.